The molecule has 0 spiro atoms. The van der Waals surface area contributed by atoms with Gasteiger partial charge in [0.15, 0.2) is 0 Å². The molecule has 0 saturated heterocycles. The summed E-state index contributed by atoms with van der Waals surface area (Å²) in [5, 5.41) is 27.4. The molecular weight excluding hydrogens is 1370 g/mol. The molecule has 10 aromatic carbocycles. The molecule has 0 aliphatic heterocycles. The minimum Gasteiger partial charge on any atom is -0.433 e. The Balaban J connectivity index is 1.18. The van der Waals surface area contributed by atoms with Crippen LogP contribution in [0.25, 0.3) is 0 Å². The van der Waals surface area contributed by atoms with Crippen molar-refractivity contribution in [2.45, 2.75) is 78.6 Å². The predicted molar refractivity (Wildman–Crippen MR) is 411 cm³/mol. The van der Waals surface area contributed by atoms with Crippen LogP contribution in [0, 0.1) is 23.0 Å². The third-order valence-electron chi connectivity index (χ3n) is 16.3. The van der Waals surface area contributed by atoms with E-state index in [4.69, 9.17) is 51.8 Å². The Bertz CT molecular complexity index is 4090. The van der Waals surface area contributed by atoms with Crippen molar-refractivity contribution < 1.29 is 46.5 Å². The highest BCUT2D eigenvalue weighted by atomic mass is 28.5. The van der Waals surface area contributed by atoms with Crippen LogP contribution in [0.15, 0.2) is 291 Å². The predicted octanol–water partition coefficient (Wildman–Crippen LogP) is 10.9. The van der Waals surface area contributed by atoms with Crippen molar-refractivity contribution in [3.8, 4) is 24.0 Å². The third-order valence-corrected chi connectivity index (χ3v) is 57.5. The fourth-order valence-corrected chi connectivity index (χ4v) is 63.6. The van der Waals surface area contributed by atoms with Gasteiger partial charge in [-0.1, -0.05) is 267 Å². The van der Waals surface area contributed by atoms with Gasteiger partial charge in [-0.25, -0.2) is 0 Å². The van der Waals surface area contributed by atoms with Gasteiger partial charge in [-0.15, -0.1) is 10.5 Å². The molecule has 0 fully saturated rings. The molecule has 0 amide bonds. The van der Waals surface area contributed by atoms with Crippen LogP contribution in [0.5, 0.6) is 11.5 Å². The Morgan fingerprint density at radius 3 is 0.608 bits per heavy atom. The van der Waals surface area contributed by atoms with Crippen LogP contribution in [0.4, 0.5) is 0 Å². The van der Waals surface area contributed by atoms with Gasteiger partial charge in [0.2, 0.25) is 16.6 Å². The molecule has 0 aliphatic carbocycles. The van der Waals surface area contributed by atoms with Crippen molar-refractivity contribution in [1.29, 1.82) is 10.5 Å². The molecule has 10 rings (SSSR count). The van der Waals surface area contributed by atoms with Crippen LogP contribution in [0.1, 0.15) is 0 Å². The van der Waals surface area contributed by atoms with Gasteiger partial charge in [-0.05, 0) is 155 Å². The van der Waals surface area contributed by atoms with Crippen LogP contribution in [-0.4, -0.2) is 85.1 Å². The molecule has 0 atom stereocenters. The summed E-state index contributed by atoms with van der Waals surface area (Å²) in [6.45, 7) is 25.3. The molecule has 23 heteroatoms. The normalized spacial score (nSPS) is 12.9. The van der Waals surface area contributed by atoms with Crippen LogP contribution in [0.2, 0.25) is 78.6 Å². The standard InChI is InChI=1S/C74H84N2O11Si10/c1-88(2,65-57-53-63(54-58-65)77-61-75)79-90(5,6)81-91(7,8)82-92(9,10)83-93(11,12)84-95(69-41-25-15-26-42-69,70-43-27-16-28-44-70)86-97(73-49-33-19-34-50-73,74-51-35-20-36-52-74)87-96(71-45-29-17-30-46-71,72-47-31-18-32-48-72)85-94(67-37-21-13-22-38-67,68-39-23-14-24-40-68)80-89(3,4)66-59-55-64(56-60-66)78-62-76/h13-60H,1-12H3. The van der Waals surface area contributed by atoms with Gasteiger partial charge >= 0.3 is 68.5 Å². The average Bonchev–Trinajstić information content (AvgIpc) is 0.713. The van der Waals surface area contributed by atoms with E-state index in [0.717, 1.165) is 51.9 Å². The summed E-state index contributed by atoms with van der Waals surface area (Å²) in [5.74, 6) is 0.909. The lowest BCUT2D eigenvalue weighted by Gasteiger charge is -2.50. The first-order chi connectivity index (χ1) is 46.3. The van der Waals surface area contributed by atoms with Crippen molar-refractivity contribution in [2.75, 3.05) is 0 Å². The Labute approximate surface area is 583 Å². The molecule has 97 heavy (non-hydrogen) atoms. The number of rotatable bonds is 30. The average molecular weight is 1460 g/mol. The fraction of sp³-hybridized carbons (Fsp3) is 0.162. The van der Waals surface area contributed by atoms with Gasteiger partial charge in [0, 0.05) is 0 Å². The molecule has 0 heterocycles. The zero-order chi connectivity index (χ0) is 69.1. The number of nitriles is 2. The second-order valence-corrected chi connectivity index (χ2v) is 61.7. The molecule has 10 aromatic rings. The summed E-state index contributed by atoms with van der Waals surface area (Å²) in [7, 11) is -36.0. The largest absolute Gasteiger partial charge is 0.433 e. The molecule has 0 saturated carbocycles. The minimum atomic E-state index is -4.54. The Hall–Kier alpha value is -7.41. The number of benzene rings is 10. The number of hydrogen-bond donors (Lipinski definition) is 0. The zero-order valence-electron chi connectivity index (χ0n) is 57.1. The van der Waals surface area contributed by atoms with E-state index in [2.05, 4.69) is 248 Å². The smallest absolute Gasteiger partial charge is 0.390 e. The monoisotopic (exact) mass is 1460 g/mol. The van der Waals surface area contributed by atoms with Crippen molar-refractivity contribution in [3.63, 3.8) is 0 Å². The SMILES string of the molecule is C[Si](C)(O[Si](C)(C)O[Si](C)(C)O[Si](O[Si](O[Si](O[Si](O[Si](C)(C)c1ccc(OC#N)cc1)(c1ccccc1)c1ccccc1)(c1ccccc1)c1ccccc1)(c1ccccc1)c1ccccc1)(c1ccccc1)c1ccccc1)O[Si](C)(C)O[Si](C)(C)c1ccc(OC#N)cc1. The van der Waals surface area contributed by atoms with Gasteiger partial charge in [-0.2, -0.15) is 0 Å². The van der Waals surface area contributed by atoms with E-state index in [0.29, 0.717) is 11.5 Å². The second kappa shape index (κ2) is 30.4. The lowest BCUT2D eigenvalue weighted by molar-refractivity contribution is 0.268. The molecular formula is C74H84N2O11Si10. The molecule has 0 aromatic heterocycles. The van der Waals surface area contributed by atoms with Gasteiger partial charge in [0.25, 0.3) is 12.5 Å². The van der Waals surface area contributed by atoms with E-state index in [-0.39, 0.29) is 0 Å². The summed E-state index contributed by atoms with van der Waals surface area (Å²) < 4.78 is 83.1. The van der Waals surface area contributed by atoms with E-state index in [1.165, 1.54) is 0 Å². The Morgan fingerprint density at radius 1 is 0.196 bits per heavy atom. The van der Waals surface area contributed by atoms with Crippen LogP contribution in [0.3, 0.4) is 0 Å². The van der Waals surface area contributed by atoms with Crippen LogP contribution < -0.4 is 61.3 Å². The Kier molecular flexibility index (Phi) is 22.6. The van der Waals surface area contributed by atoms with Crippen molar-refractivity contribution in [3.05, 3.63) is 291 Å². The van der Waals surface area contributed by atoms with E-state index in [9.17, 15) is 5.26 Å². The van der Waals surface area contributed by atoms with Crippen molar-refractivity contribution >= 4 is 137 Å². The molecule has 0 bridgehead atoms. The highest BCUT2D eigenvalue weighted by molar-refractivity contribution is 7.14. The fourth-order valence-electron chi connectivity index (χ4n) is 12.8. The molecule has 0 aliphatic rings. The van der Waals surface area contributed by atoms with Gasteiger partial charge in [-0.3, -0.25) is 0 Å². The summed E-state index contributed by atoms with van der Waals surface area (Å²) in [4.78, 5) is 0. The minimum absolute atomic E-state index is 0.434. The van der Waals surface area contributed by atoms with Gasteiger partial charge in [0.1, 0.15) is 11.5 Å². The first kappa shape index (κ1) is 72.3. The lowest BCUT2D eigenvalue weighted by Crippen LogP contribution is -2.84. The number of hydrogen-bond acceptors (Lipinski definition) is 13. The molecule has 0 N–H and O–H groups in total. The first-order valence-electron chi connectivity index (χ1n) is 32.4. The number of ether oxygens (including phenoxy) is 2. The zero-order valence-corrected chi connectivity index (χ0v) is 67.1. The van der Waals surface area contributed by atoms with Gasteiger partial charge < -0.3 is 46.5 Å². The maximum atomic E-state index is 9.53. The lowest BCUT2D eigenvalue weighted by atomic mass is 10.3. The quantitative estimate of drug-likeness (QED) is 0.0311. The summed E-state index contributed by atoms with van der Waals surface area (Å²) in [6, 6.07) is 98.2. The maximum absolute atomic E-state index is 9.53. The van der Waals surface area contributed by atoms with Crippen molar-refractivity contribution in [1.82, 2.24) is 0 Å². The molecule has 496 valence electrons. The summed E-state index contributed by atoms with van der Waals surface area (Å²) >= 11 is 0. The molecule has 0 unspecified atom stereocenters. The third kappa shape index (κ3) is 17.2. The number of nitrogens with zero attached hydrogens (tertiary/aromatic N) is 2. The van der Waals surface area contributed by atoms with Gasteiger partial charge in [0.05, 0.1) is 0 Å². The molecule has 13 nitrogen and oxygen atoms in total. The second-order valence-electron chi connectivity index (χ2n) is 26.4. The van der Waals surface area contributed by atoms with E-state index in [1.54, 1.807) is 18.4 Å². The van der Waals surface area contributed by atoms with E-state index < -0.39 is 85.1 Å². The summed E-state index contributed by atoms with van der Waals surface area (Å²) in [5.41, 5.74) is 0. The topological polar surface area (TPSA) is 149 Å². The first-order valence-corrected chi connectivity index (χ1v) is 56.7. The highest BCUT2D eigenvalue weighted by Crippen LogP contribution is 2.33. The highest BCUT2D eigenvalue weighted by Gasteiger charge is 2.65. The maximum Gasteiger partial charge on any atom is 0.390 e. The van der Waals surface area contributed by atoms with E-state index >= 15 is 0 Å². The van der Waals surface area contributed by atoms with Crippen LogP contribution >= 0.6 is 0 Å². The van der Waals surface area contributed by atoms with Crippen molar-refractivity contribution in [2.24, 2.45) is 0 Å². The van der Waals surface area contributed by atoms with Crippen LogP contribution in [-0.2, 0) is 37.0 Å². The Morgan fingerprint density at radius 2 is 0.381 bits per heavy atom. The molecule has 0 radical (unpaired) electrons. The van der Waals surface area contributed by atoms with E-state index in [1.807, 2.05) is 115 Å². The summed E-state index contributed by atoms with van der Waals surface area (Å²) in [6.07, 6.45) is 3.58.